The lowest BCUT2D eigenvalue weighted by Gasteiger charge is -2.31. The van der Waals surface area contributed by atoms with Gasteiger partial charge >= 0.3 is 0 Å². The number of methoxy groups -OCH3 is 1. The smallest absolute Gasteiger partial charge is 0.274 e. The Morgan fingerprint density at radius 3 is 2.61 bits per heavy atom. The summed E-state index contributed by atoms with van der Waals surface area (Å²) in [6, 6.07) is 9.51. The highest BCUT2D eigenvalue weighted by molar-refractivity contribution is 5.92. The Labute approximate surface area is 136 Å². The SMILES string of the molecule is COc1cccc(-n2nc(C(=O)N3CCN(C)CC3)cc2C)c1. The lowest BCUT2D eigenvalue weighted by molar-refractivity contribution is 0.0657. The number of aromatic nitrogens is 2. The summed E-state index contributed by atoms with van der Waals surface area (Å²) in [5.74, 6) is 0.771. The summed E-state index contributed by atoms with van der Waals surface area (Å²) in [6.07, 6.45) is 0. The van der Waals surface area contributed by atoms with Gasteiger partial charge in [0.2, 0.25) is 0 Å². The van der Waals surface area contributed by atoms with E-state index in [4.69, 9.17) is 4.74 Å². The Morgan fingerprint density at radius 1 is 1.17 bits per heavy atom. The van der Waals surface area contributed by atoms with Gasteiger partial charge in [-0.05, 0) is 32.2 Å². The maximum Gasteiger partial charge on any atom is 0.274 e. The van der Waals surface area contributed by atoms with Gasteiger partial charge in [0.25, 0.3) is 5.91 Å². The van der Waals surface area contributed by atoms with Gasteiger partial charge in [0.1, 0.15) is 5.75 Å². The van der Waals surface area contributed by atoms with Gasteiger partial charge < -0.3 is 14.5 Å². The van der Waals surface area contributed by atoms with Crippen molar-refractivity contribution in [2.24, 2.45) is 0 Å². The van der Waals surface area contributed by atoms with E-state index in [0.717, 1.165) is 43.3 Å². The summed E-state index contributed by atoms with van der Waals surface area (Å²) in [7, 11) is 3.71. The number of piperazine rings is 1. The zero-order chi connectivity index (χ0) is 16.4. The van der Waals surface area contributed by atoms with Gasteiger partial charge in [-0.15, -0.1) is 0 Å². The van der Waals surface area contributed by atoms with Gasteiger partial charge in [-0.2, -0.15) is 5.10 Å². The van der Waals surface area contributed by atoms with Crippen LogP contribution in [0.15, 0.2) is 30.3 Å². The molecule has 1 aromatic carbocycles. The quantitative estimate of drug-likeness (QED) is 0.863. The van der Waals surface area contributed by atoms with Crippen LogP contribution < -0.4 is 4.74 Å². The molecule has 0 N–H and O–H groups in total. The molecule has 122 valence electrons. The van der Waals surface area contributed by atoms with E-state index in [1.54, 1.807) is 11.8 Å². The number of hydrogen-bond donors (Lipinski definition) is 0. The first kappa shape index (κ1) is 15.6. The summed E-state index contributed by atoms with van der Waals surface area (Å²) in [4.78, 5) is 16.7. The van der Waals surface area contributed by atoms with E-state index in [9.17, 15) is 4.79 Å². The molecule has 0 bridgehead atoms. The first-order valence-corrected chi connectivity index (χ1v) is 7.77. The van der Waals surface area contributed by atoms with E-state index < -0.39 is 0 Å². The fourth-order valence-corrected chi connectivity index (χ4v) is 2.75. The van der Waals surface area contributed by atoms with Crippen LogP contribution in [0.25, 0.3) is 5.69 Å². The summed E-state index contributed by atoms with van der Waals surface area (Å²) in [5.41, 5.74) is 2.31. The van der Waals surface area contributed by atoms with Gasteiger partial charge in [0.05, 0.1) is 12.8 Å². The van der Waals surface area contributed by atoms with Crippen molar-refractivity contribution in [1.29, 1.82) is 0 Å². The molecule has 0 atom stereocenters. The molecule has 0 aliphatic carbocycles. The lowest BCUT2D eigenvalue weighted by Crippen LogP contribution is -2.47. The van der Waals surface area contributed by atoms with Crippen LogP contribution in [-0.4, -0.2) is 65.8 Å². The van der Waals surface area contributed by atoms with Crippen LogP contribution in [0.4, 0.5) is 0 Å². The van der Waals surface area contributed by atoms with Gasteiger partial charge in [0.15, 0.2) is 5.69 Å². The van der Waals surface area contributed by atoms with Crippen molar-refractivity contribution < 1.29 is 9.53 Å². The van der Waals surface area contributed by atoms with Crippen molar-refractivity contribution in [3.8, 4) is 11.4 Å². The minimum atomic E-state index is 0.00264. The molecule has 1 amide bonds. The molecule has 0 saturated carbocycles. The van der Waals surface area contributed by atoms with Crippen LogP contribution in [0.3, 0.4) is 0 Å². The number of benzene rings is 1. The van der Waals surface area contributed by atoms with Gasteiger partial charge in [0, 0.05) is 37.9 Å². The van der Waals surface area contributed by atoms with Crippen molar-refractivity contribution >= 4 is 5.91 Å². The van der Waals surface area contributed by atoms with Crippen LogP contribution >= 0.6 is 0 Å². The molecule has 1 aliphatic rings. The van der Waals surface area contributed by atoms with Crippen LogP contribution in [0.5, 0.6) is 5.75 Å². The number of hydrogen-bond acceptors (Lipinski definition) is 4. The molecule has 0 radical (unpaired) electrons. The number of rotatable bonds is 3. The fraction of sp³-hybridized carbons (Fsp3) is 0.412. The molecule has 1 aliphatic heterocycles. The van der Waals surface area contributed by atoms with Crippen LogP contribution in [-0.2, 0) is 0 Å². The number of amides is 1. The van der Waals surface area contributed by atoms with E-state index in [1.807, 2.05) is 42.2 Å². The third kappa shape index (κ3) is 3.22. The second-order valence-corrected chi connectivity index (χ2v) is 5.88. The predicted octanol–water partition coefficient (Wildman–Crippen LogP) is 1.58. The molecule has 1 saturated heterocycles. The van der Waals surface area contributed by atoms with E-state index >= 15 is 0 Å². The zero-order valence-corrected chi connectivity index (χ0v) is 13.8. The standard InChI is InChI=1S/C17H22N4O2/c1-13-11-16(17(22)20-9-7-19(2)8-10-20)18-21(13)14-5-4-6-15(12-14)23-3/h4-6,11-12H,7-10H2,1-3H3. The molecular weight excluding hydrogens is 292 g/mol. The highest BCUT2D eigenvalue weighted by Crippen LogP contribution is 2.19. The zero-order valence-electron chi connectivity index (χ0n) is 13.8. The van der Waals surface area contributed by atoms with Gasteiger partial charge in [-0.25, -0.2) is 4.68 Å². The van der Waals surface area contributed by atoms with Gasteiger partial charge in [-0.1, -0.05) is 6.07 Å². The number of nitrogens with zero attached hydrogens (tertiary/aromatic N) is 4. The Bertz CT molecular complexity index is 702. The molecule has 23 heavy (non-hydrogen) atoms. The molecule has 0 spiro atoms. The predicted molar refractivity (Wildman–Crippen MR) is 88.3 cm³/mol. The van der Waals surface area contributed by atoms with Crippen LogP contribution in [0.1, 0.15) is 16.2 Å². The molecule has 1 fully saturated rings. The molecule has 2 aromatic rings. The Kier molecular flexibility index (Phi) is 4.34. The van der Waals surface area contributed by atoms with Crippen molar-refractivity contribution in [3.63, 3.8) is 0 Å². The van der Waals surface area contributed by atoms with Crippen LogP contribution in [0, 0.1) is 6.92 Å². The van der Waals surface area contributed by atoms with Crippen molar-refractivity contribution in [1.82, 2.24) is 19.6 Å². The summed E-state index contributed by atoms with van der Waals surface area (Å²) >= 11 is 0. The second-order valence-electron chi connectivity index (χ2n) is 5.88. The summed E-state index contributed by atoms with van der Waals surface area (Å²) < 4.78 is 7.04. The topological polar surface area (TPSA) is 50.6 Å². The normalized spacial score (nSPS) is 15.7. The number of carbonyl (C=O) groups excluding carboxylic acids is 1. The third-order valence-electron chi connectivity index (χ3n) is 4.19. The molecular formula is C17H22N4O2. The van der Waals surface area contributed by atoms with Crippen LogP contribution in [0.2, 0.25) is 0 Å². The highest BCUT2D eigenvalue weighted by Gasteiger charge is 2.23. The first-order chi connectivity index (χ1) is 11.1. The first-order valence-electron chi connectivity index (χ1n) is 7.77. The number of ether oxygens (including phenoxy) is 1. The number of carbonyl (C=O) groups is 1. The third-order valence-corrected chi connectivity index (χ3v) is 4.19. The lowest BCUT2D eigenvalue weighted by atomic mass is 10.2. The van der Waals surface area contributed by atoms with Crippen molar-refractivity contribution in [2.45, 2.75) is 6.92 Å². The minimum Gasteiger partial charge on any atom is -0.497 e. The molecule has 2 heterocycles. The summed E-state index contributed by atoms with van der Waals surface area (Å²) in [6.45, 7) is 5.26. The minimum absolute atomic E-state index is 0.00264. The Balaban J connectivity index is 1.84. The highest BCUT2D eigenvalue weighted by atomic mass is 16.5. The largest absolute Gasteiger partial charge is 0.497 e. The van der Waals surface area contributed by atoms with Crippen molar-refractivity contribution in [3.05, 3.63) is 41.7 Å². The Hall–Kier alpha value is -2.34. The van der Waals surface area contributed by atoms with E-state index in [-0.39, 0.29) is 5.91 Å². The van der Waals surface area contributed by atoms with E-state index in [2.05, 4.69) is 17.0 Å². The average molecular weight is 314 g/mol. The second kappa shape index (κ2) is 6.42. The maximum absolute atomic E-state index is 12.6. The van der Waals surface area contributed by atoms with E-state index in [0.29, 0.717) is 5.69 Å². The fourth-order valence-electron chi connectivity index (χ4n) is 2.75. The maximum atomic E-state index is 12.6. The average Bonchev–Trinajstić information content (AvgIpc) is 2.97. The molecule has 6 heteroatoms. The molecule has 6 nitrogen and oxygen atoms in total. The summed E-state index contributed by atoms with van der Waals surface area (Å²) in [5, 5.41) is 4.51. The molecule has 1 aromatic heterocycles. The molecule has 0 unspecified atom stereocenters. The van der Waals surface area contributed by atoms with E-state index in [1.165, 1.54) is 0 Å². The molecule has 3 rings (SSSR count). The van der Waals surface area contributed by atoms with Gasteiger partial charge in [-0.3, -0.25) is 4.79 Å². The number of aryl methyl sites for hydroxylation is 1. The van der Waals surface area contributed by atoms with Crippen molar-refractivity contribution in [2.75, 3.05) is 40.3 Å². The Morgan fingerprint density at radius 2 is 1.91 bits per heavy atom. The monoisotopic (exact) mass is 314 g/mol. The number of likely N-dealkylation sites (N-methyl/N-ethyl adjacent to an activating group) is 1.